The summed E-state index contributed by atoms with van der Waals surface area (Å²) in [6.45, 7) is 0. The quantitative estimate of drug-likeness (QED) is 0.480. The van der Waals surface area contributed by atoms with Gasteiger partial charge in [0.1, 0.15) is 17.2 Å². The zero-order valence-electron chi connectivity index (χ0n) is 14.5. The van der Waals surface area contributed by atoms with Crippen LogP contribution in [0.3, 0.4) is 0 Å². The summed E-state index contributed by atoms with van der Waals surface area (Å²) in [6.07, 6.45) is 1.48. The summed E-state index contributed by atoms with van der Waals surface area (Å²) < 4.78 is 10.4. The monoisotopic (exact) mass is 385 g/mol. The number of hydrogen-bond donors (Lipinski definition) is 1. The van der Waals surface area contributed by atoms with Gasteiger partial charge < -0.3 is 14.8 Å². The van der Waals surface area contributed by atoms with E-state index < -0.39 is 4.92 Å². The highest BCUT2D eigenvalue weighted by Gasteiger charge is 2.25. The molecule has 0 bridgehead atoms. The van der Waals surface area contributed by atoms with Gasteiger partial charge in [0.2, 0.25) is 0 Å². The second kappa shape index (κ2) is 7.92. The van der Waals surface area contributed by atoms with Crippen molar-refractivity contribution in [1.29, 1.82) is 0 Å². The molecule has 1 heterocycles. The molecule has 1 fully saturated rings. The fourth-order valence-corrected chi connectivity index (χ4v) is 3.21. The number of amides is 1. The number of benzene rings is 2. The lowest BCUT2D eigenvalue weighted by atomic mass is 10.1. The average Bonchev–Trinajstić information content (AvgIpc) is 3.01. The number of methoxy groups -OCH3 is 2. The molecule has 0 unspecified atom stereocenters. The molecule has 1 saturated heterocycles. The molecular formula is C18H15N3O5S. The molecule has 0 saturated carbocycles. The van der Waals surface area contributed by atoms with Crippen molar-refractivity contribution in [1.82, 2.24) is 5.32 Å². The van der Waals surface area contributed by atoms with Crippen LogP contribution in [0.1, 0.15) is 5.56 Å². The Morgan fingerprint density at radius 1 is 1.19 bits per heavy atom. The largest absolute Gasteiger partial charge is 0.497 e. The van der Waals surface area contributed by atoms with Crippen LogP contribution in [-0.2, 0) is 4.79 Å². The lowest BCUT2D eigenvalue weighted by Crippen LogP contribution is -2.19. The van der Waals surface area contributed by atoms with Gasteiger partial charge in [0.15, 0.2) is 5.17 Å². The number of carbonyl (C=O) groups is 1. The Labute approximate surface area is 159 Å². The van der Waals surface area contributed by atoms with E-state index in [9.17, 15) is 14.9 Å². The van der Waals surface area contributed by atoms with Gasteiger partial charge >= 0.3 is 0 Å². The van der Waals surface area contributed by atoms with Crippen molar-refractivity contribution in [3.05, 3.63) is 63.0 Å². The molecule has 1 aliphatic rings. The molecular weight excluding hydrogens is 370 g/mol. The third-order valence-electron chi connectivity index (χ3n) is 3.68. The Morgan fingerprint density at radius 2 is 1.96 bits per heavy atom. The average molecular weight is 385 g/mol. The van der Waals surface area contributed by atoms with Crippen LogP contribution >= 0.6 is 11.8 Å². The van der Waals surface area contributed by atoms with E-state index >= 15 is 0 Å². The Kier molecular flexibility index (Phi) is 5.41. The zero-order chi connectivity index (χ0) is 19.4. The summed E-state index contributed by atoms with van der Waals surface area (Å²) in [6, 6.07) is 11.3. The third-order valence-corrected chi connectivity index (χ3v) is 4.59. The first-order valence-corrected chi connectivity index (χ1v) is 8.58. The number of para-hydroxylation sites is 1. The molecule has 0 aromatic heterocycles. The molecule has 1 amide bonds. The van der Waals surface area contributed by atoms with Gasteiger partial charge in [0.05, 0.1) is 29.6 Å². The van der Waals surface area contributed by atoms with Crippen LogP contribution in [0.5, 0.6) is 11.5 Å². The fourth-order valence-electron chi connectivity index (χ4n) is 2.38. The molecule has 0 radical (unpaired) electrons. The second-order valence-electron chi connectivity index (χ2n) is 5.34. The summed E-state index contributed by atoms with van der Waals surface area (Å²) in [5.74, 6) is 0.744. The van der Waals surface area contributed by atoms with Crippen molar-refractivity contribution in [3.63, 3.8) is 0 Å². The highest BCUT2D eigenvalue weighted by atomic mass is 32.2. The van der Waals surface area contributed by atoms with E-state index in [1.54, 1.807) is 43.5 Å². The van der Waals surface area contributed by atoms with Gasteiger partial charge in [-0.1, -0.05) is 12.1 Å². The Hall–Kier alpha value is -3.33. The van der Waals surface area contributed by atoms with E-state index in [1.807, 2.05) is 0 Å². The summed E-state index contributed by atoms with van der Waals surface area (Å²) in [4.78, 5) is 27.6. The first-order valence-electron chi connectivity index (χ1n) is 7.77. The molecule has 0 spiro atoms. The SMILES string of the molecule is COc1ccc(N=C2NC(=O)/C(=C/c3ccccc3[N+](=O)[O-])S2)c(OC)c1. The molecule has 0 atom stereocenters. The van der Waals surface area contributed by atoms with E-state index in [0.29, 0.717) is 32.8 Å². The van der Waals surface area contributed by atoms with Gasteiger partial charge in [-0.05, 0) is 36.0 Å². The predicted octanol–water partition coefficient (Wildman–Crippen LogP) is 3.50. The lowest BCUT2D eigenvalue weighted by molar-refractivity contribution is -0.385. The number of nitro benzene ring substituents is 1. The number of ether oxygens (including phenoxy) is 2. The third kappa shape index (κ3) is 4.09. The molecule has 1 aliphatic heterocycles. The van der Waals surface area contributed by atoms with Crippen LogP contribution in [-0.4, -0.2) is 30.2 Å². The first-order chi connectivity index (χ1) is 13.0. The highest BCUT2D eigenvalue weighted by Crippen LogP contribution is 2.35. The summed E-state index contributed by atoms with van der Waals surface area (Å²) in [5, 5.41) is 14.1. The van der Waals surface area contributed by atoms with E-state index in [4.69, 9.17) is 9.47 Å². The fraction of sp³-hybridized carbons (Fsp3) is 0.111. The number of aliphatic imine (C=N–C) groups is 1. The van der Waals surface area contributed by atoms with Crippen molar-refractivity contribution in [2.45, 2.75) is 0 Å². The Morgan fingerprint density at radius 3 is 2.67 bits per heavy atom. The Bertz CT molecular complexity index is 971. The van der Waals surface area contributed by atoms with Crippen LogP contribution in [0.4, 0.5) is 11.4 Å². The summed E-state index contributed by atoms with van der Waals surface area (Å²) in [5.41, 5.74) is 0.803. The molecule has 3 rings (SSSR count). The maximum atomic E-state index is 12.2. The van der Waals surface area contributed by atoms with E-state index in [2.05, 4.69) is 10.3 Å². The zero-order valence-corrected chi connectivity index (χ0v) is 15.3. The van der Waals surface area contributed by atoms with E-state index in [-0.39, 0.29) is 11.6 Å². The van der Waals surface area contributed by atoms with E-state index in [0.717, 1.165) is 11.8 Å². The number of nitrogens with zero attached hydrogens (tertiary/aromatic N) is 2. The lowest BCUT2D eigenvalue weighted by Gasteiger charge is -2.07. The standard InChI is InChI=1S/C18H15N3O5S/c1-25-12-7-8-13(15(10-12)26-2)19-18-20-17(22)16(27-18)9-11-5-3-4-6-14(11)21(23)24/h3-10H,1-2H3,(H,19,20,22)/b16-9-. The predicted molar refractivity (Wildman–Crippen MR) is 103 cm³/mol. The molecule has 2 aromatic rings. The maximum Gasteiger partial charge on any atom is 0.276 e. The van der Waals surface area contributed by atoms with Gasteiger partial charge in [-0.15, -0.1) is 0 Å². The van der Waals surface area contributed by atoms with Gasteiger partial charge in [0.25, 0.3) is 11.6 Å². The van der Waals surface area contributed by atoms with Crippen LogP contribution in [0.2, 0.25) is 0 Å². The van der Waals surface area contributed by atoms with Crippen molar-refractivity contribution >= 4 is 40.3 Å². The molecule has 27 heavy (non-hydrogen) atoms. The Balaban J connectivity index is 1.90. The van der Waals surface area contributed by atoms with Gasteiger partial charge in [-0.3, -0.25) is 14.9 Å². The highest BCUT2D eigenvalue weighted by molar-refractivity contribution is 8.18. The molecule has 8 nitrogen and oxygen atoms in total. The van der Waals surface area contributed by atoms with Crippen molar-refractivity contribution in [2.75, 3.05) is 14.2 Å². The van der Waals surface area contributed by atoms with Crippen LogP contribution in [0, 0.1) is 10.1 Å². The van der Waals surface area contributed by atoms with Gasteiger partial charge in [0, 0.05) is 12.1 Å². The minimum absolute atomic E-state index is 0.0689. The minimum Gasteiger partial charge on any atom is -0.497 e. The van der Waals surface area contributed by atoms with Crippen LogP contribution < -0.4 is 14.8 Å². The summed E-state index contributed by atoms with van der Waals surface area (Å²) in [7, 11) is 3.06. The molecule has 138 valence electrons. The number of rotatable bonds is 5. The smallest absolute Gasteiger partial charge is 0.276 e. The van der Waals surface area contributed by atoms with Gasteiger partial charge in [-0.25, -0.2) is 4.99 Å². The van der Waals surface area contributed by atoms with Crippen LogP contribution in [0.25, 0.3) is 6.08 Å². The number of carbonyl (C=O) groups excluding carboxylic acids is 1. The second-order valence-corrected chi connectivity index (χ2v) is 6.37. The summed E-state index contributed by atoms with van der Waals surface area (Å²) >= 11 is 1.10. The van der Waals surface area contributed by atoms with Crippen LogP contribution in [0.15, 0.2) is 52.4 Å². The topological polar surface area (TPSA) is 103 Å². The van der Waals surface area contributed by atoms with E-state index in [1.165, 1.54) is 19.3 Å². The number of thioether (sulfide) groups is 1. The number of nitrogens with one attached hydrogen (secondary N) is 1. The molecule has 1 N–H and O–H groups in total. The first kappa shape index (κ1) is 18.5. The van der Waals surface area contributed by atoms with Gasteiger partial charge in [-0.2, -0.15) is 0 Å². The maximum absolute atomic E-state index is 12.2. The minimum atomic E-state index is -0.485. The van der Waals surface area contributed by atoms with Crippen molar-refractivity contribution < 1.29 is 19.2 Å². The number of nitro groups is 1. The molecule has 2 aromatic carbocycles. The molecule has 9 heteroatoms. The molecule has 0 aliphatic carbocycles. The normalized spacial score (nSPS) is 16.4. The number of amidine groups is 1. The van der Waals surface area contributed by atoms with Crippen molar-refractivity contribution in [2.24, 2.45) is 4.99 Å². The van der Waals surface area contributed by atoms with Crippen molar-refractivity contribution in [3.8, 4) is 11.5 Å². The number of hydrogen-bond acceptors (Lipinski definition) is 7.